The van der Waals surface area contributed by atoms with E-state index in [1.807, 2.05) is 0 Å². The lowest BCUT2D eigenvalue weighted by molar-refractivity contribution is 0.886. The van der Waals surface area contributed by atoms with Gasteiger partial charge in [0.25, 0.3) is 0 Å². The molecule has 1 nitrogen and oxygen atoms in total. The van der Waals surface area contributed by atoms with Crippen molar-refractivity contribution in [3.63, 3.8) is 0 Å². The second-order valence-corrected chi connectivity index (χ2v) is 5.42. The zero-order chi connectivity index (χ0) is 14.5. The molecule has 1 aliphatic carbocycles. The third-order valence-corrected chi connectivity index (χ3v) is 4.01. The normalized spacial score (nSPS) is 14.4. The molecule has 0 radical (unpaired) electrons. The molecule has 106 valence electrons. The first-order valence-electron chi connectivity index (χ1n) is 7.60. The van der Waals surface area contributed by atoms with Gasteiger partial charge in [0, 0.05) is 24.0 Å². The first-order valence-corrected chi connectivity index (χ1v) is 7.60. The molecular formula is C20H21N. The summed E-state index contributed by atoms with van der Waals surface area (Å²) in [4.78, 5) is 2.27. The van der Waals surface area contributed by atoms with Crippen molar-refractivity contribution in [2.75, 3.05) is 11.9 Å². The molecule has 0 N–H and O–H groups in total. The first kappa shape index (κ1) is 13.7. The highest BCUT2D eigenvalue weighted by Gasteiger charge is 2.12. The van der Waals surface area contributed by atoms with E-state index in [2.05, 4.69) is 84.8 Å². The molecule has 21 heavy (non-hydrogen) atoms. The number of anilines is 2. The second kappa shape index (κ2) is 6.45. The number of allylic oxidation sites excluding steroid dienone is 4. The van der Waals surface area contributed by atoms with Gasteiger partial charge in [-0.2, -0.15) is 0 Å². The van der Waals surface area contributed by atoms with E-state index in [1.165, 1.54) is 35.4 Å². The highest BCUT2D eigenvalue weighted by molar-refractivity contribution is 5.80. The lowest BCUT2D eigenvalue weighted by Crippen LogP contribution is -2.11. The van der Waals surface area contributed by atoms with Gasteiger partial charge in [-0.3, -0.25) is 0 Å². The summed E-state index contributed by atoms with van der Waals surface area (Å²) in [6.45, 7) is 0. The molecule has 1 aliphatic rings. The average Bonchev–Trinajstić information content (AvgIpc) is 2.84. The van der Waals surface area contributed by atoms with E-state index in [0.717, 1.165) is 6.42 Å². The summed E-state index contributed by atoms with van der Waals surface area (Å²) in [6.07, 6.45) is 10.3. The molecule has 0 aromatic heterocycles. The smallest absolute Gasteiger partial charge is 0.0484 e. The standard InChI is InChI=1S/C20H21N/c1-21(18-13-7-4-8-14-18)20-16-10-9-15-19(20)17-11-5-2-3-6-12-17/h2,4-5,7-11,13-16H,3,6,12H2,1H3. The van der Waals surface area contributed by atoms with Crippen LogP contribution in [-0.2, 0) is 0 Å². The van der Waals surface area contributed by atoms with Crippen LogP contribution in [0.4, 0.5) is 11.4 Å². The highest BCUT2D eigenvalue weighted by atomic mass is 15.1. The van der Waals surface area contributed by atoms with Crippen molar-refractivity contribution in [1.82, 2.24) is 0 Å². The van der Waals surface area contributed by atoms with Gasteiger partial charge in [-0.25, -0.2) is 0 Å². The summed E-state index contributed by atoms with van der Waals surface area (Å²) >= 11 is 0. The van der Waals surface area contributed by atoms with Crippen LogP contribution in [0.15, 0.2) is 72.8 Å². The maximum absolute atomic E-state index is 2.27. The zero-order valence-electron chi connectivity index (χ0n) is 12.5. The second-order valence-electron chi connectivity index (χ2n) is 5.42. The third kappa shape index (κ3) is 3.08. The van der Waals surface area contributed by atoms with Crippen molar-refractivity contribution in [3.05, 3.63) is 78.4 Å². The van der Waals surface area contributed by atoms with Crippen LogP contribution in [0.25, 0.3) is 5.57 Å². The Balaban J connectivity index is 2.00. The SMILES string of the molecule is CN(c1ccccc1)c1ccccc1C1=CC=CCCC1. The molecule has 0 saturated carbocycles. The lowest BCUT2D eigenvalue weighted by atomic mass is 9.98. The van der Waals surface area contributed by atoms with Crippen molar-refractivity contribution in [3.8, 4) is 0 Å². The Kier molecular flexibility index (Phi) is 4.20. The van der Waals surface area contributed by atoms with E-state index in [4.69, 9.17) is 0 Å². The van der Waals surface area contributed by atoms with Crippen molar-refractivity contribution in [2.45, 2.75) is 19.3 Å². The number of benzene rings is 2. The molecule has 0 spiro atoms. The topological polar surface area (TPSA) is 3.24 Å². The summed E-state index contributed by atoms with van der Waals surface area (Å²) in [5.41, 5.74) is 5.26. The summed E-state index contributed by atoms with van der Waals surface area (Å²) < 4.78 is 0. The molecule has 0 heterocycles. The van der Waals surface area contributed by atoms with Crippen LogP contribution in [0.3, 0.4) is 0 Å². The Hall–Kier alpha value is -2.28. The predicted molar refractivity (Wildman–Crippen MR) is 91.9 cm³/mol. The van der Waals surface area contributed by atoms with Crippen molar-refractivity contribution in [1.29, 1.82) is 0 Å². The van der Waals surface area contributed by atoms with Crippen molar-refractivity contribution < 1.29 is 0 Å². The quantitative estimate of drug-likeness (QED) is 0.707. The summed E-state index contributed by atoms with van der Waals surface area (Å²) in [6, 6.07) is 19.2. The number of rotatable bonds is 3. The summed E-state index contributed by atoms with van der Waals surface area (Å²) in [5, 5.41) is 0. The van der Waals surface area contributed by atoms with Gasteiger partial charge in [-0.15, -0.1) is 0 Å². The van der Waals surface area contributed by atoms with Gasteiger partial charge in [0.1, 0.15) is 0 Å². The number of para-hydroxylation sites is 2. The summed E-state index contributed by atoms with van der Waals surface area (Å²) in [5.74, 6) is 0. The van der Waals surface area contributed by atoms with Crippen molar-refractivity contribution >= 4 is 16.9 Å². The van der Waals surface area contributed by atoms with Crippen LogP contribution >= 0.6 is 0 Å². The molecule has 0 fully saturated rings. The molecule has 0 bridgehead atoms. The number of nitrogens with zero attached hydrogens (tertiary/aromatic N) is 1. The Morgan fingerprint density at radius 1 is 0.905 bits per heavy atom. The predicted octanol–water partition coefficient (Wildman–Crippen LogP) is 5.58. The maximum Gasteiger partial charge on any atom is 0.0484 e. The minimum Gasteiger partial charge on any atom is -0.344 e. The maximum atomic E-state index is 2.27. The van der Waals surface area contributed by atoms with Crippen LogP contribution < -0.4 is 4.90 Å². The van der Waals surface area contributed by atoms with Gasteiger partial charge in [0.05, 0.1) is 0 Å². The number of hydrogen-bond acceptors (Lipinski definition) is 1. The van der Waals surface area contributed by atoms with Gasteiger partial charge in [0.15, 0.2) is 0 Å². The molecule has 0 saturated heterocycles. The Bertz CT molecular complexity index is 653. The molecule has 2 aromatic carbocycles. The average molecular weight is 275 g/mol. The Morgan fingerprint density at radius 3 is 2.52 bits per heavy atom. The monoisotopic (exact) mass is 275 g/mol. The van der Waals surface area contributed by atoms with Gasteiger partial charge in [-0.05, 0) is 43.0 Å². The minimum absolute atomic E-state index is 1.15. The molecule has 0 amide bonds. The van der Waals surface area contributed by atoms with E-state index in [9.17, 15) is 0 Å². The molecule has 3 rings (SSSR count). The van der Waals surface area contributed by atoms with Crippen LogP contribution in [0.2, 0.25) is 0 Å². The van der Waals surface area contributed by atoms with E-state index in [0.29, 0.717) is 0 Å². The van der Waals surface area contributed by atoms with Crippen LogP contribution in [0, 0.1) is 0 Å². The fraction of sp³-hybridized carbons (Fsp3) is 0.200. The largest absolute Gasteiger partial charge is 0.344 e. The molecule has 0 aliphatic heterocycles. The van der Waals surface area contributed by atoms with Crippen LogP contribution in [0.1, 0.15) is 24.8 Å². The molecule has 1 heteroatoms. The number of hydrogen-bond donors (Lipinski definition) is 0. The van der Waals surface area contributed by atoms with E-state index in [1.54, 1.807) is 0 Å². The lowest BCUT2D eigenvalue weighted by Gasteiger charge is -2.23. The van der Waals surface area contributed by atoms with E-state index >= 15 is 0 Å². The van der Waals surface area contributed by atoms with Crippen LogP contribution in [0.5, 0.6) is 0 Å². The molecule has 2 aromatic rings. The van der Waals surface area contributed by atoms with Gasteiger partial charge in [0.2, 0.25) is 0 Å². The molecule has 0 atom stereocenters. The van der Waals surface area contributed by atoms with E-state index in [-0.39, 0.29) is 0 Å². The molecule has 0 unspecified atom stereocenters. The zero-order valence-corrected chi connectivity index (χ0v) is 12.5. The van der Waals surface area contributed by atoms with Gasteiger partial charge >= 0.3 is 0 Å². The highest BCUT2D eigenvalue weighted by Crippen LogP contribution is 2.34. The van der Waals surface area contributed by atoms with Gasteiger partial charge < -0.3 is 4.90 Å². The third-order valence-electron chi connectivity index (χ3n) is 4.01. The fourth-order valence-electron chi connectivity index (χ4n) is 2.83. The van der Waals surface area contributed by atoms with E-state index < -0.39 is 0 Å². The van der Waals surface area contributed by atoms with Gasteiger partial charge in [-0.1, -0.05) is 54.6 Å². The van der Waals surface area contributed by atoms with Crippen molar-refractivity contribution in [2.24, 2.45) is 0 Å². The molecular weight excluding hydrogens is 254 g/mol. The van der Waals surface area contributed by atoms with Crippen LogP contribution in [-0.4, -0.2) is 7.05 Å². The first-order chi connectivity index (χ1) is 10.4. The summed E-state index contributed by atoms with van der Waals surface area (Å²) in [7, 11) is 2.14. The Morgan fingerprint density at radius 2 is 1.67 bits per heavy atom. The Labute approximate surface area is 127 Å². The minimum atomic E-state index is 1.15. The fourth-order valence-corrected chi connectivity index (χ4v) is 2.83.